The van der Waals surface area contributed by atoms with Gasteiger partial charge in [0.1, 0.15) is 0 Å². The van der Waals surface area contributed by atoms with Gasteiger partial charge in [0.15, 0.2) is 0 Å². The molecule has 98 valence electrons. The Morgan fingerprint density at radius 2 is 2.05 bits per heavy atom. The Bertz CT molecular complexity index is 597. The average Bonchev–Trinajstić information content (AvgIpc) is 2.42. The number of rotatable bonds is 2. The van der Waals surface area contributed by atoms with Crippen molar-refractivity contribution in [2.45, 2.75) is 25.3 Å². The molecule has 1 nitrogen and oxygen atoms in total. The summed E-state index contributed by atoms with van der Waals surface area (Å²) in [6.45, 7) is 0. The minimum atomic E-state index is 0.466. The van der Waals surface area contributed by atoms with Gasteiger partial charge < -0.3 is 5.32 Å². The van der Waals surface area contributed by atoms with E-state index in [1.807, 2.05) is 6.07 Å². The third-order valence-electron chi connectivity index (χ3n) is 3.62. The second-order valence-electron chi connectivity index (χ2n) is 4.98. The van der Waals surface area contributed by atoms with Crippen molar-refractivity contribution in [2.24, 2.45) is 0 Å². The molecule has 0 spiro atoms. The van der Waals surface area contributed by atoms with Crippen LogP contribution in [0.2, 0.25) is 5.02 Å². The summed E-state index contributed by atoms with van der Waals surface area (Å²) in [5, 5.41) is 4.46. The summed E-state index contributed by atoms with van der Waals surface area (Å²) in [6, 6.07) is 15.1. The molecule has 3 rings (SSSR count). The normalized spacial score (nSPS) is 17.7. The molecule has 0 aliphatic carbocycles. The Morgan fingerprint density at radius 1 is 1.21 bits per heavy atom. The zero-order valence-electron chi connectivity index (χ0n) is 10.5. The second kappa shape index (κ2) is 5.56. The van der Waals surface area contributed by atoms with Gasteiger partial charge in [-0.2, -0.15) is 0 Å². The number of para-hydroxylation sites is 1. The van der Waals surface area contributed by atoms with Crippen LogP contribution in [-0.4, -0.2) is 6.04 Å². The van der Waals surface area contributed by atoms with E-state index in [1.165, 1.54) is 16.8 Å². The fourth-order valence-electron chi connectivity index (χ4n) is 2.61. The van der Waals surface area contributed by atoms with Gasteiger partial charge in [-0.1, -0.05) is 51.8 Å². The summed E-state index contributed by atoms with van der Waals surface area (Å²) in [7, 11) is 0. The molecule has 1 aliphatic heterocycles. The lowest BCUT2D eigenvalue weighted by Crippen LogP contribution is -2.27. The van der Waals surface area contributed by atoms with Crippen molar-refractivity contribution in [3.63, 3.8) is 0 Å². The van der Waals surface area contributed by atoms with Crippen molar-refractivity contribution in [1.82, 2.24) is 0 Å². The lowest BCUT2D eigenvalue weighted by Gasteiger charge is -2.27. The van der Waals surface area contributed by atoms with Crippen LogP contribution >= 0.6 is 27.5 Å². The largest absolute Gasteiger partial charge is 0.382 e. The first-order valence-corrected chi connectivity index (χ1v) is 7.68. The van der Waals surface area contributed by atoms with Crippen molar-refractivity contribution >= 4 is 33.2 Å². The zero-order valence-corrected chi connectivity index (χ0v) is 12.8. The number of nitrogens with one attached hydrogen (secondary N) is 1. The van der Waals surface area contributed by atoms with E-state index >= 15 is 0 Å². The molecule has 0 saturated heterocycles. The molecule has 3 heteroatoms. The van der Waals surface area contributed by atoms with Gasteiger partial charge in [0.25, 0.3) is 0 Å². The topological polar surface area (TPSA) is 12.0 Å². The molecule has 2 aromatic rings. The van der Waals surface area contributed by atoms with Crippen LogP contribution in [0.5, 0.6) is 0 Å². The van der Waals surface area contributed by atoms with Crippen LogP contribution in [-0.2, 0) is 12.8 Å². The highest BCUT2D eigenvalue weighted by Crippen LogP contribution is 2.28. The van der Waals surface area contributed by atoms with Crippen LogP contribution in [0.15, 0.2) is 46.9 Å². The van der Waals surface area contributed by atoms with Crippen molar-refractivity contribution in [1.29, 1.82) is 0 Å². The van der Waals surface area contributed by atoms with Gasteiger partial charge in [-0.05, 0) is 48.6 Å². The van der Waals surface area contributed by atoms with Crippen molar-refractivity contribution < 1.29 is 0 Å². The number of hydrogen-bond donors (Lipinski definition) is 1. The van der Waals surface area contributed by atoms with Crippen LogP contribution in [0, 0.1) is 0 Å². The highest BCUT2D eigenvalue weighted by Gasteiger charge is 2.18. The maximum Gasteiger partial charge on any atom is 0.0449 e. The molecule has 0 fully saturated rings. The smallest absolute Gasteiger partial charge is 0.0449 e. The predicted octanol–water partition coefficient (Wildman–Crippen LogP) is 5.07. The molecule has 1 unspecified atom stereocenters. The van der Waals surface area contributed by atoms with E-state index in [9.17, 15) is 0 Å². The minimum Gasteiger partial charge on any atom is -0.382 e. The fraction of sp³-hybridized carbons (Fsp3) is 0.250. The van der Waals surface area contributed by atoms with Crippen LogP contribution in [0.1, 0.15) is 17.5 Å². The molecule has 0 saturated carbocycles. The Morgan fingerprint density at radius 3 is 2.89 bits per heavy atom. The SMILES string of the molecule is Clc1cc(Br)ccc1CC1CCc2ccccc2N1. The molecule has 1 atom stereocenters. The molecule has 19 heavy (non-hydrogen) atoms. The lowest BCUT2D eigenvalue weighted by atomic mass is 9.94. The third-order valence-corrected chi connectivity index (χ3v) is 4.47. The highest BCUT2D eigenvalue weighted by molar-refractivity contribution is 9.10. The molecule has 0 aromatic heterocycles. The molecule has 1 heterocycles. The van der Waals surface area contributed by atoms with Crippen LogP contribution in [0.25, 0.3) is 0 Å². The van der Waals surface area contributed by atoms with Crippen molar-refractivity contribution in [3.8, 4) is 0 Å². The summed E-state index contributed by atoms with van der Waals surface area (Å²) in [5.74, 6) is 0. The van der Waals surface area contributed by atoms with Gasteiger partial charge in [-0.15, -0.1) is 0 Å². The number of anilines is 1. The molecular weight excluding hydrogens is 322 g/mol. The van der Waals surface area contributed by atoms with E-state index in [-0.39, 0.29) is 0 Å². The fourth-order valence-corrected chi connectivity index (χ4v) is 3.36. The summed E-state index contributed by atoms with van der Waals surface area (Å²) < 4.78 is 1.03. The molecule has 0 radical (unpaired) electrons. The molecule has 1 aliphatic rings. The predicted molar refractivity (Wildman–Crippen MR) is 85.0 cm³/mol. The van der Waals surface area contributed by atoms with Gasteiger partial charge in [0.05, 0.1) is 0 Å². The van der Waals surface area contributed by atoms with Gasteiger partial charge in [-0.25, -0.2) is 0 Å². The average molecular weight is 337 g/mol. The number of halogens is 2. The number of aryl methyl sites for hydroxylation is 1. The van der Waals surface area contributed by atoms with Gasteiger partial charge in [0.2, 0.25) is 0 Å². The highest BCUT2D eigenvalue weighted by atomic mass is 79.9. The first kappa shape index (κ1) is 13.0. The summed E-state index contributed by atoms with van der Waals surface area (Å²) in [5.41, 5.74) is 3.90. The molecule has 0 bridgehead atoms. The van der Waals surface area contributed by atoms with Crippen LogP contribution < -0.4 is 5.32 Å². The van der Waals surface area contributed by atoms with Gasteiger partial charge >= 0.3 is 0 Å². The van der Waals surface area contributed by atoms with Crippen LogP contribution in [0.4, 0.5) is 5.69 Å². The van der Waals surface area contributed by atoms with E-state index in [4.69, 9.17) is 11.6 Å². The maximum atomic E-state index is 6.29. The van der Waals surface area contributed by atoms with Crippen molar-refractivity contribution in [2.75, 3.05) is 5.32 Å². The Kier molecular flexibility index (Phi) is 3.81. The Labute approximate surface area is 127 Å². The minimum absolute atomic E-state index is 0.466. The maximum absolute atomic E-state index is 6.29. The van der Waals surface area contributed by atoms with E-state index in [2.05, 4.69) is 57.6 Å². The number of benzene rings is 2. The third kappa shape index (κ3) is 2.96. The van der Waals surface area contributed by atoms with Gasteiger partial charge in [-0.3, -0.25) is 0 Å². The summed E-state index contributed by atoms with van der Waals surface area (Å²) >= 11 is 9.73. The number of fused-ring (bicyclic) bond motifs is 1. The number of hydrogen-bond acceptors (Lipinski definition) is 1. The lowest BCUT2D eigenvalue weighted by molar-refractivity contribution is 0.628. The molecule has 2 aromatic carbocycles. The van der Waals surface area contributed by atoms with Crippen LogP contribution in [0.3, 0.4) is 0 Å². The molecule has 0 amide bonds. The second-order valence-corrected chi connectivity index (χ2v) is 6.30. The zero-order chi connectivity index (χ0) is 13.2. The quantitative estimate of drug-likeness (QED) is 0.807. The Balaban J connectivity index is 1.75. The molecular formula is C16H15BrClN. The molecule has 1 N–H and O–H groups in total. The monoisotopic (exact) mass is 335 g/mol. The van der Waals surface area contributed by atoms with Gasteiger partial charge in [0, 0.05) is 21.2 Å². The van der Waals surface area contributed by atoms with E-state index in [0.717, 1.165) is 28.8 Å². The van der Waals surface area contributed by atoms with E-state index in [1.54, 1.807) is 0 Å². The Hall–Kier alpha value is -0.990. The van der Waals surface area contributed by atoms with E-state index in [0.29, 0.717) is 6.04 Å². The summed E-state index contributed by atoms with van der Waals surface area (Å²) in [6.07, 6.45) is 3.27. The van der Waals surface area contributed by atoms with E-state index < -0.39 is 0 Å². The summed E-state index contributed by atoms with van der Waals surface area (Å²) in [4.78, 5) is 0. The standard InChI is InChI=1S/C16H15BrClN/c17-13-7-5-12(15(18)10-13)9-14-8-6-11-3-1-2-4-16(11)19-14/h1-5,7,10,14,19H,6,8-9H2. The van der Waals surface area contributed by atoms with Crippen molar-refractivity contribution in [3.05, 3.63) is 63.1 Å². The first-order chi connectivity index (χ1) is 9.22. The first-order valence-electron chi connectivity index (χ1n) is 6.51.